The van der Waals surface area contributed by atoms with Crippen LogP contribution in [0.25, 0.3) is 0 Å². The fourth-order valence-corrected chi connectivity index (χ4v) is 1.54. The van der Waals surface area contributed by atoms with Gasteiger partial charge in [0.1, 0.15) is 11.9 Å². The van der Waals surface area contributed by atoms with Gasteiger partial charge in [0.05, 0.1) is 18.8 Å². The Kier molecular flexibility index (Phi) is 3.05. The molecule has 1 unspecified atom stereocenters. The second-order valence-electron chi connectivity index (χ2n) is 3.62. The fourth-order valence-electron chi connectivity index (χ4n) is 1.54. The van der Waals surface area contributed by atoms with Gasteiger partial charge in [0.25, 0.3) is 0 Å². The molecule has 0 aromatic heterocycles. The lowest BCUT2D eigenvalue weighted by Crippen LogP contribution is -2.19. The van der Waals surface area contributed by atoms with E-state index in [2.05, 4.69) is 0 Å². The number of esters is 1. The lowest BCUT2D eigenvalue weighted by atomic mass is 10.2. The summed E-state index contributed by atoms with van der Waals surface area (Å²) in [6.07, 6.45) is 0.462. The Morgan fingerprint density at radius 3 is 3.00 bits per heavy atom. The van der Waals surface area contributed by atoms with Gasteiger partial charge in [-0.25, -0.2) is 9.18 Å². The Hall–Kier alpha value is -1.62. The Bertz CT molecular complexity index is 402. The molecule has 1 aromatic rings. The van der Waals surface area contributed by atoms with Crippen molar-refractivity contribution in [3.05, 3.63) is 29.6 Å². The number of benzene rings is 1. The molecule has 1 saturated heterocycles. The maximum Gasteiger partial charge on any atom is 0.340 e. The van der Waals surface area contributed by atoms with Crippen molar-refractivity contribution < 1.29 is 18.7 Å². The number of anilines is 1. The highest BCUT2D eigenvalue weighted by molar-refractivity contribution is 5.95. The molecule has 4 nitrogen and oxygen atoms in total. The number of carbonyl (C=O) groups is 1. The second kappa shape index (κ2) is 4.49. The fraction of sp³-hybridized carbons (Fsp3) is 0.364. The van der Waals surface area contributed by atoms with Crippen LogP contribution >= 0.6 is 0 Å². The van der Waals surface area contributed by atoms with E-state index in [1.165, 1.54) is 12.1 Å². The molecule has 0 amide bonds. The van der Waals surface area contributed by atoms with Crippen LogP contribution in [0.5, 0.6) is 0 Å². The normalized spacial score (nSPS) is 19.7. The molecule has 1 aromatic carbocycles. The first kappa shape index (κ1) is 10.9. The minimum atomic E-state index is -0.534. The number of ether oxygens (including phenoxy) is 2. The lowest BCUT2D eigenvalue weighted by Gasteiger charge is -2.11. The van der Waals surface area contributed by atoms with E-state index in [-0.39, 0.29) is 17.4 Å². The van der Waals surface area contributed by atoms with Crippen LogP contribution in [0.3, 0.4) is 0 Å². The number of hydrogen-bond acceptors (Lipinski definition) is 4. The first-order valence-electron chi connectivity index (χ1n) is 5.00. The van der Waals surface area contributed by atoms with Gasteiger partial charge in [-0.15, -0.1) is 0 Å². The van der Waals surface area contributed by atoms with Crippen LogP contribution < -0.4 is 5.73 Å². The van der Waals surface area contributed by atoms with Gasteiger partial charge in [-0.1, -0.05) is 0 Å². The van der Waals surface area contributed by atoms with Gasteiger partial charge >= 0.3 is 5.97 Å². The van der Waals surface area contributed by atoms with E-state index in [0.29, 0.717) is 19.6 Å². The van der Waals surface area contributed by atoms with E-state index < -0.39 is 11.8 Å². The number of nitrogens with two attached hydrogens (primary N) is 1. The van der Waals surface area contributed by atoms with Crippen molar-refractivity contribution in [3.63, 3.8) is 0 Å². The van der Waals surface area contributed by atoms with Crippen LogP contribution in [-0.4, -0.2) is 25.3 Å². The highest BCUT2D eigenvalue weighted by Gasteiger charge is 2.21. The smallest absolute Gasteiger partial charge is 0.340 e. The summed E-state index contributed by atoms with van der Waals surface area (Å²) in [5.41, 5.74) is 5.80. The highest BCUT2D eigenvalue weighted by Crippen LogP contribution is 2.17. The molecule has 1 aliphatic rings. The molecular weight excluding hydrogens is 213 g/mol. The number of hydrogen-bond donors (Lipinski definition) is 1. The molecule has 2 N–H and O–H groups in total. The monoisotopic (exact) mass is 225 g/mol. The maximum absolute atomic E-state index is 12.8. The van der Waals surface area contributed by atoms with Crippen molar-refractivity contribution in [2.75, 3.05) is 18.9 Å². The quantitative estimate of drug-likeness (QED) is 0.609. The van der Waals surface area contributed by atoms with Crippen molar-refractivity contribution in [2.45, 2.75) is 12.5 Å². The summed E-state index contributed by atoms with van der Waals surface area (Å²) in [6.45, 7) is 1.00. The predicted molar refractivity (Wildman–Crippen MR) is 55.5 cm³/mol. The summed E-state index contributed by atoms with van der Waals surface area (Å²) < 4.78 is 23.0. The minimum Gasteiger partial charge on any atom is -0.456 e. The maximum atomic E-state index is 12.8. The van der Waals surface area contributed by atoms with Gasteiger partial charge in [0.15, 0.2) is 0 Å². The first-order valence-corrected chi connectivity index (χ1v) is 5.00. The number of carbonyl (C=O) groups excluding carboxylic acids is 1. The molecule has 0 aliphatic carbocycles. The summed E-state index contributed by atoms with van der Waals surface area (Å²) in [4.78, 5) is 11.7. The number of halogens is 1. The highest BCUT2D eigenvalue weighted by atomic mass is 19.1. The molecule has 0 radical (unpaired) electrons. The molecule has 1 aliphatic heterocycles. The third kappa shape index (κ3) is 2.30. The predicted octanol–water partition coefficient (Wildman–Crippen LogP) is 1.35. The molecular formula is C11H12FNO3. The molecule has 1 heterocycles. The molecule has 16 heavy (non-hydrogen) atoms. The zero-order valence-electron chi connectivity index (χ0n) is 8.61. The van der Waals surface area contributed by atoms with Crippen molar-refractivity contribution in [2.24, 2.45) is 0 Å². The molecule has 2 rings (SSSR count). The van der Waals surface area contributed by atoms with Crippen molar-refractivity contribution in [1.82, 2.24) is 0 Å². The standard InChI is InChI=1S/C11H12FNO3/c12-7-1-2-9(10(13)5-7)11(14)16-8-3-4-15-6-8/h1-2,5,8H,3-4,6,13H2. The summed E-state index contributed by atoms with van der Waals surface area (Å²) in [6, 6.07) is 3.60. The number of rotatable bonds is 2. The van der Waals surface area contributed by atoms with E-state index >= 15 is 0 Å². The van der Waals surface area contributed by atoms with E-state index in [1.54, 1.807) is 0 Å². The summed E-state index contributed by atoms with van der Waals surface area (Å²) >= 11 is 0. The zero-order chi connectivity index (χ0) is 11.5. The average molecular weight is 225 g/mol. The van der Waals surface area contributed by atoms with Crippen molar-refractivity contribution in [3.8, 4) is 0 Å². The molecule has 1 fully saturated rings. The third-order valence-corrected chi connectivity index (χ3v) is 2.40. The van der Waals surface area contributed by atoms with Crippen LogP contribution in [0.4, 0.5) is 10.1 Å². The van der Waals surface area contributed by atoms with E-state index in [0.717, 1.165) is 6.07 Å². The van der Waals surface area contributed by atoms with Gasteiger partial charge in [-0.2, -0.15) is 0 Å². The van der Waals surface area contributed by atoms with E-state index in [1.807, 2.05) is 0 Å². The average Bonchev–Trinajstić information content (AvgIpc) is 2.70. The van der Waals surface area contributed by atoms with Gasteiger partial charge in [-0.05, 0) is 18.2 Å². The van der Waals surface area contributed by atoms with Crippen LogP contribution in [0, 0.1) is 5.82 Å². The van der Waals surface area contributed by atoms with Crippen LogP contribution in [0.2, 0.25) is 0 Å². The minimum absolute atomic E-state index is 0.0870. The SMILES string of the molecule is Nc1cc(F)ccc1C(=O)OC1CCOC1. The van der Waals surface area contributed by atoms with E-state index in [4.69, 9.17) is 15.2 Å². The van der Waals surface area contributed by atoms with Crippen LogP contribution in [0.15, 0.2) is 18.2 Å². The second-order valence-corrected chi connectivity index (χ2v) is 3.62. The number of nitrogen functional groups attached to an aromatic ring is 1. The van der Waals surface area contributed by atoms with E-state index in [9.17, 15) is 9.18 Å². The van der Waals surface area contributed by atoms with Gasteiger partial charge in [0, 0.05) is 12.1 Å². The third-order valence-electron chi connectivity index (χ3n) is 2.40. The van der Waals surface area contributed by atoms with Crippen LogP contribution in [0.1, 0.15) is 16.8 Å². The Morgan fingerprint density at radius 2 is 2.38 bits per heavy atom. The van der Waals surface area contributed by atoms with Crippen molar-refractivity contribution >= 4 is 11.7 Å². The Morgan fingerprint density at radius 1 is 1.56 bits per heavy atom. The zero-order valence-corrected chi connectivity index (χ0v) is 8.61. The molecule has 0 saturated carbocycles. The van der Waals surface area contributed by atoms with Crippen molar-refractivity contribution in [1.29, 1.82) is 0 Å². The lowest BCUT2D eigenvalue weighted by molar-refractivity contribution is 0.0272. The molecule has 1 atom stereocenters. The van der Waals surface area contributed by atoms with Crippen LogP contribution in [-0.2, 0) is 9.47 Å². The molecule has 0 bridgehead atoms. The topological polar surface area (TPSA) is 61.6 Å². The Balaban J connectivity index is 2.08. The molecule has 86 valence electrons. The van der Waals surface area contributed by atoms with Gasteiger partial charge in [-0.3, -0.25) is 0 Å². The summed E-state index contributed by atoms with van der Waals surface area (Å²) in [5.74, 6) is -1.01. The first-order chi connectivity index (χ1) is 7.66. The molecule has 5 heteroatoms. The summed E-state index contributed by atoms with van der Waals surface area (Å²) in [7, 11) is 0. The van der Waals surface area contributed by atoms with Gasteiger partial charge in [0.2, 0.25) is 0 Å². The summed E-state index contributed by atoms with van der Waals surface area (Å²) in [5, 5.41) is 0. The van der Waals surface area contributed by atoms with Gasteiger partial charge < -0.3 is 15.2 Å². The molecule has 0 spiro atoms. The Labute approximate surface area is 92.1 Å². The largest absolute Gasteiger partial charge is 0.456 e.